The number of nitrogens with one attached hydrogen (secondary N) is 1. The maximum Gasteiger partial charge on any atom is 0.0242 e. The summed E-state index contributed by atoms with van der Waals surface area (Å²) >= 11 is 0. The van der Waals surface area contributed by atoms with Gasteiger partial charge in [0.15, 0.2) is 0 Å². The molecule has 0 radical (unpaired) electrons. The van der Waals surface area contributed by atoms with E-state index < -0.39 is 0 Å². The first-order chi connectivity index (χ1) is 6.69. The number of likely N-dealkylation sites (tertiary alicyclic amines) is 1. The van der Waals surface area contributed by atoms with Crippen LogP contribution in [0.25, 0.3) is 0 Å². The summed E-state index contributed by atoms with van der Waals surface area (Å²) in [6, 6.07) is 1.62. The van der Waals surface area contributed by atoms with Crippen molar-refractivity contribution in [3.8, 4) is 0 Å². The topological polar surface area (TPSA) is 15.3 Å². The van der Waals surface area contributed by atoms with Gasteiger partial charge in [-0.1, -0.05) is 20.3 Å². The van der Waals surface area contributed by atoms with Crippen molar-refractivity contribution in [3.05, 3.63) is 0 Å². The minimum Gasteiger partial charge on any atom is -0.311 e. The van der Waals surface area contributed by atoms with Gasteiger partial charge in [0.05, 0.1) is 0 Å². The van der Waals surface area contributed by atoms with Crippen LogP contribution in [0.15, 0.2) is 0 Å². The van der Waals surface area contributed by atoms with Crippen LogP contribution in [0.1, 0.15) is 46.5 Å². The standard InChI is InChI=1S/C12H24N2/c1-4-6-12(3,5-2)14-9-10-7-11(14)8-13-10/h10-11,13H,4-9H2,1-3H3. The minimum atomic E-state index is 0.469. The molecule has 0 aromatic heterocycles. The van der Waals surface area contributed by atoms with Gasteiger partial charge in [0.1, 0.15) is 0 Å². The molecule has 2 fully saturated rings. The summed E-state index contributed by atoms with van der Waals surface area (Å²) in [5.74, 6) is 0. The lowest BCUT2D eigenvalue weighted by molar-refractivity contribution is 0.0638. The van der Waals surface area contributed by atoms with Crippen LogP contribution in [0, 0.1) is 0 Å². The SMILES string of the molecule is CCCC(C)(CC)N1CC2CC1CN2. The second kappa shape index (κ2) is 3.82. The molecule has 0 saturated carbocycles. The molecular formula is C12H24N2. The maximum absolute atomic E-state index is 3.58. The van der Waals surface area contributed by atoms with Crippen LogP contribution in [-0.2, 0) is 0 Å². The van der Waals surface area contributed by atoms with Gasteiger partial charge in [-0.3, -0.25) is 4.90 Å². The van der Waals surface area contributed by atoms with Gasteiger partial charge < -0.3 is 5.32 Å². The molecule has 14 heavy (non-hydrogen) atoms. The van der Waals surface area contributed by atoms with Crippen LogP contribution in [0.5, 0.6) is 0 Å². The number of hydrogen-bond donors (Lipinski definition) is 1. The lowest BCUT2D eigenvalue weighted by Crippen LogP contribution is -2.54. The van der Waals surface area contributed by atoms with E-state index in [-0.39, 0.29) is 0 Å². The average molecular weight is 196 g/mol. The van der Waals surface area contributed by atoms with Crippen LogP contribution in [0.4, 0.5) is 0 Å². The fourth-order valence-corrected chi connectivity index (χ4v) is 3.28. The second-order valence-electron chi connectivity index (χ2n) is 5.25. The molecule has 1 N–H and O–H groups in total. The van der Waals surface area contributed by atoms with E-state index in [4.69, 9.17) is 0 Å². The Morgan fingerprint density at radius 3 is 2.64 bits per heavy atom. The first kappa shape index (κ1) is 10.4. The molecule has 3 unspecified atom stereocenters. The summed E-state index contributed by atoms with van der Waals surface area (Å²) in [6.07, 6.45) is 5.35. The predicted octanol–water partition coefficient (Wildman–Crippen LogP) is 2.00. The quantitative estimate of drug-likeness (QED) is 0.740. The van der Waals surface area contributed by atoms with Gasteiger partial charge in [-0.05, 0) is 26.2 Å². The highest BCUT2D eigenvalue weighted by atomic mass is 15.3. The van der Waals surface area contributed by atoms with Crippen molar-refractivity contribution in [2.75, 3.05) is 13.1 Å². The highest BCUT2D eigenvalue weighted by Crippen LogP contribution is 2.35. The van der Waals surface area contributed by atoms with E-state index in [0.717, 1.165) is 12.1 Å². The average Bonchev–Trinajstić information content (AvgIpc) is 2.79. The number of fused-ring (bicyclic) bond motifs is 2. The Labute approximate surface area is 88.1 Å². The number of rotatable bonds is 4. The molecule has 2 saturated heterocycles. The Morgan fingerprint density at radius 1 is 1.43 bits per heavy atom. The Hall–Kier alpha value is -0.0800. The van der Waals surface area contributed by atoms with Gasteiger partial charge >= 0.3 is 0 Å². The summed E-state index contributed by atoms with van der Waals surface area (Å²) in [7, 11) is 0. The third kappa shape index (κ3) is 1.59. The number of nitrogens with zero attached hydrogens (tertiary/aromatic N) is 1. The lowest BCUT2D eigenvalue weighted by atomic mass is 9.90. The first-order valence-electron chi connectivity index (χ1n) is 6.19. The molecule has 2 aliphatic heterocycles. The third-order valence-electron chi connectivity index (χ3n) is 4.30. The molecule has 0 aromatic rings. The van der Waals surface area contributed by atoms with Gasteiger partial charge in [-0.15, -0.1) is 0 Å². The van der Waals surface area contributed by atoms with E-state index in [9.17, 15) is 0 Å². The molecular weight excluding hydrogens is 172 g/mol. The number of piperazine rings is 1. The molecule has 0 aromatic carbocycles. The molecule has 2 nitrogen and oxygen atoms in total. The van der Waals surface area contributed by atoms with Gasteiger partial charge in [-0.25, -0.2) is 0 Å². The summed E-state index contributed by atoms with van der Waals surface area (Å²) < 4.78 is 0. The fraction of sp³-hybridized carbons (Fsp3) is 1.00. The van der Waals surface area contributed by atoms with Crippen molar-refractivity contribution >= 4 is 0 Å². The fourth-order valence-electron chi connectivity index (χ4n) is 3.28. The molecule has 3 atom stereocenters. The molecule has 2 rings (SSSR count). The van der Waals surface area contributed by atoms with Crippen molar-refractivity contribution in [1.29, 1.82) is 0 Å². The van der Waals surface area contributed by atoms with Gasteiger partial charge in [0.25, 0.3) is 0 Å². The van der Waals surface area contributed by atoms with Gasteiger partial charge in [0, 0.05) is 30.7 Å². The van der Waals surface area contributed by atoms with E-state index in [1.54, 1.807) is 0 Å². The van der Waals surface area contributed by atoms with Crippen molar-refractivity contribution in [2.45, 2.75) is 64.1 Å². The third-order valence-corrected chi connectivity index (χ3v) is 4.30. The van der Waals surface area contributed by atoms with Crippen LogP contribution < -0.4 is 5.32 Å². The summed E-state index contributed by atoms with van der Waals surface area (Å²) in [4.78, 5) is 2.78. The summed E-state index contributed by atoms with van der Waals surface area (Å²) in [5, 5.41) is 3.58. The zero-order chi connectivity index (χ0) is 10.2. The Kier molecular flexibility index (Phi) is 2.85. The highest BCUT2D eigenvalue weighted by Gasteiger charge is 2.44. The van der Waals surface area contributed by atoms with Crippen LogP contribution in [-0.4, -0.2) is 35.6 Å². The molecule has 0 spiro atoms. The van der Waals surface area contributed by atoms with Crippen molar-refractivity contribution in [3.63, 3.8) is 0 Å². The van der Waals surface area contributed by atoms with E-state index in [1.165, 1.54) is 38.8 Å². The Bertz CT molecular complexity index is 204. The minimum absolute atomic E-state index is 0.469. The summed E-state index contributed by atoms with van der Waals surface area (Å²) in [5.41, 5.74) is 0.469. The van der Waals surface area contributed by atoms with E-state index >= 15 is 0 Å². The lowest BCUT2D eigenvalue weighted by Gasteiger charge is -2.43. The molecule has 2 bridgehead atoms. The van der Waals surface area contributed by atoms with Crippen LogP contribution in [0.2, 0.25) is 0 Å². The summed E-state index contributed by atoms with van der Waals surface area (Å²) in [6.45, 7) is 9.62. The largest absolute Gasteiger partial charge is 0.311 e. The molecule has 0 amide bonds. The van der Waals surface area contributed by atoms with Gasteiger partial charge in [0.2, 0.25) is 0 Å². The van der Waals surface area contributed by atoms with Crippen LogP contribution >= 0.6 is 0 Å². The second-order valence-corrected chi connectivity index (χ2v) is 5.25. The number of hydrogen-bond acceptors (Lipinski definition) is 2. The molecule has 0 aliphatic carbocycles. The zero-order valence-electron chi connectivity index (χ0n) is 9.84. The van der Waals surface area contributed by atoms with Gasteiger partial charge in [-0.2, -0.15) is 0 Å². The molecule has 2 heteroatoms. The Morgan fingerprint density at radius 2 is 2.21 bits per heavy atom. The normalized spacial score (nSPS) is 36.2. The molecule has 2 aliphatic rings. The molecule has 2 heterocycles. The zero-order valence-corrected chi connectivity index (χ0v) is 9.84. The van der Waals surface area contributed by atoms with E-state index in [1.807, 2.05) is 0 Å². The first-order valence-corrected chi connectivity index (χ1v) is 6.19. The van der Waals surface area contributed by atoms with Crippen molar-refractivity contribution in [2.24, 2.45) is 0 Å². The van der Waals surface area contributed by atoms with Crippen LogP contribution in [0.3, 0.4) is 0 Å². The smallest absolute Gasteiger partial charge is 0.0242 e. The molecule has 82 valence electrons. The Balaban J connectivity index is 2.05. The highest BCUT2D eigenvalue weighted by molar-refractivity contribution is 5.03. The van der Waals surface area contributed by atoms with Crippen molar-refractivity contribution in [1.82, 2.24) is 10.2 Å². The maximum atomic E-state index is 3.58. The predicted molar refractivity (Wildman–Crippen MR) is 60.5 cm³/mol. The monoisotopic (exact) mass is 196 g/mol. The van der Waals surface area contributed by atoms with E-state index in [2.05, 4.69) is 31.0 Å². The van der Waals surface area contributed by atoms with Crippen molar-refractivity contribution < 1.29 is 0 Å². The van der Waals surface area contributed by atoms with E-state index in [0.29, 0.717) is 5.54 Å².